The molecular formula is C21H31NO3. The van der Waals surface area contributed by atoms with E-state index < -0.39 is 0 Å². The maximum atomic E-state index is 12.5. The first kappa shape index (κ1) is 19.6. The van der Waals surface area contributed by atoms with Crippen LogP contribution in [0.15, 0.2) is 24.3 Å². The number of Topliss-reactive ketones (excluding diaryl/α,β-unsaturated/α-hetero) is 1. The minimum Gasteiger partial charge on any atom is -0.394 e. The van der Waals surface area contributed by atoms with Crippen LogP contribution in [0.3, 0.4) is 0 Å². The minimum absolute atomic E-state index is 0.0399. The van der Waals surface area contributed by atoms with Crippen molar-refractivity contribution in [1.29, 1.82) is 0 Å². The lowest BCUT2D eigenvalue weighted by Gasteiger charge is -2.24. The van der Waals surface area contributed by atoms with Crippen LogP contribution in [0, 0.1) is 11.8 Å². The third-order valence-corrected chi connectivity index (χ3v) is 5.64. The number of carbonyl (C=O) groups is 2. The molecular weight excluding hydrogens is 314 g/mol. The molecule has 2 N–H and O–H groups in total. The highest BCUT2D eigenvalue weighted by Crippen LogP contribution is 2.26. The van der Waals surface area contributed by atoms with Gasteiger partial charge in [0.1, 0.15) is 5.78 Å². The fourth-order valence-corrected chi connectivity index (χ4v) is 3.44. The summed E-state index contributed by atoms with van der Waals surface area (Å²) in [6, 6.07) is 7.82. The van der Waals surface area contributed by atoms with Crippen molar-refractivity contribution in [3.8, 4) is 0 Å². The largest absolute Gasteiger partial charge is 0.394 e. The molecule has 2 rings (SSSR count). The summed E-state index contributed by atoms with van der Waals surface area (Å²) in [6.45, 7) is 5.93. The van der Waals surface area contributed by atoms with E-state index in [4.69, 9.17) is 0 Å². The molecule has 1 fully saturated rings. The maximum absolute atomic E-state index is 12.5. The van der Waals surface area contributed by atoms with Crippen LogP contribution in [0.4, 0.5) is 0 Å². The third-order valence-electron chi connectivity index (χ3n) is 5.64. The number of nitrogens with one attached hydrogen (secondary N) is 1. The lowest BCUT2D eigenvalue weighted by Crippen LogP contribution is -2.43. The van der Waals surface area contributed by atoms with Crippen LogP contribution in [0.2, 0.25) is 0 Å². The third kappa shape index (κ3) is 5.15. The van der Waals surface area contributed by atoms with Crippen LogP contribution < -0.4 is 5.32 Å². The molecule has 138 valence electrons. The summed E-state index contributed by atoms with van der Waals surface area (Å²) < 4.78 is 0. The van der Waals surface area contributed by atoms with Crippen molar-refractivity contribution in [2.75, 3.05) is 6.61 Å². The molecule has 4 atom stereocenters. The van der Waals surface area contributed by atoms with E-state index in [1.807, 2.05) is 38.1 Å². The molecule has 0 aromatic heterocycles. The van der Waals surface area contributed by atoms with Crippen molar-refractivity contribution < 1.29 is 14.7 Å². The topological polar surface area (TPSA) is 66.4 Å². The van der Waals surface area contributed by atoms with E-state index >= 15 is 0 Å². The van der Waals surface area contributed by atoms with Gasteiger partial charge in [-0.1, -0.05) is 44.5 Å². The van der Waals surface area contributed by atoms with Gasteiger partial charge in [0.15, 0.2) is 0 Å². The molecule has 0 saturated heterocycles. The average Bonchev–Trinajstić information content (AvgIpc) is 3.03. The predicted molar refractivity (Wildman–Crippen MR) is 99.4 cm³/mol. The quantitative estimate of drug-likeness (QED) is 0.760. The van der Waals surface area contributed by atoms with Crippen molar-refractivity contribution in [2.24, 2.45) is 11.8 Å². The summed E-state index contributed by atoms with van der Waals surface area (Å²) in [6.07, 6.45) is 4.45. The zero-order chi connectivity index (χ0) is 18.4. The van der Waals surface area contributed by atoms with Gasteiger partial charge in [0.2, 0.25) is 5.91 Å². The van der Waals surface area contributed by atoms with E-state index in [0.717, 1.165) is 43.2 Å². The van der Waals surface area contributed by atoms with Gasteiger partial charge in [-0.25, -0.2) is 0 Å². The average molecular weight is 345 g/mol. The molecule has 4 heteroatoms. The van der Waals surface area contributed by atoms with Crippen molar-refractivity contribution in [3.63, 3.8) is 0 Å². The summed E-state index contributed by atoms with van der Waals surface area (Å²) in [5.74, 6) is 0.482. The highest BCUT2D eigenvalue weighted by Gasteiger charge is 2.25. The molecule has 1 saturated carbocycles. The molecule has 1 aliphatic rings. The number of hydrogen-bond acceptors (Lipinski definition) is 3. The Bertz CT molecular complexity index is 581. The van der Waals surface area contributed by atoms with Crippen molar-refractivity contribution in [1.82, 2.24) is 5.32 Å². The molecule has 0 spiro atoms. The van der Waals surface area contributed by atoms with E-state index in [2.05, 4.69) is 12.2 Å². The zero-order valence-electron chi connectivity index (χ0n) is 15.6. The number of hydrogen-bond donors (Lipinski definition) is 2. The lowest BCUT2D eigenvalue weighted by molar-refractivity contribution is -0.123. The van der Waals surface area contributed by atoms with Gasteiger partial charge in [-0.3, -0.25) is 9.59 Å². The molecule has 1 aliphatic carbocycles. The number of rotatable bonds is 8. The number of amides is 1. The fraction of sp³-hybridized carbons (Fsp3) is 0.619. The Morgan fingerprint density at radius 1 is 1.28 bits per heavy atom. The Hall–Kier alpha value is -1.68. The second kappa shape index (κ2) is 9.14. The van der Waals surface area contributed by atoms with Gasteiger partial charge in [0.25, 0.3) is 0 Å². The highest BCUT2D eigenvalue weighted by atomic mass is 16.3. The fourth-order valence-electron chi connectivity index (χ4n) is 3.44. The van der Waals surface area contributed by atoms with E-state index in [9.17, 15) is 14.7 Å². The van der Waals surface area contributed by atoms with Gasteiger partial charge < -0.3 is 10.4 Å². The SMILES string of the molecule is CC[C@H](C)[C@H](CO)NC(=O)[C@@H](C)c1ccc(C[C@@H]2CCCC2=O)cc1. The van der Waals surface area contributed by atoms with Gasteiger partial charge in [-0.15, -0.1) is 0 Å². The van der Waals surface area contributed by atoms with Gasteiger partial charge >= 0.3 is 0 Å². The highest BCUT2D eigenvalue weighted by molar-refractivity contribution is 5.84. The number of aliphatic hydroxyl groups is 1. The van der Waals surface area contributed by atoms with E-state index in [0.29, 0.717) is 5.78 Å². The van der Waals surface area contributed by atoms with Crippen LogP contribution in [0.1, 0.15) is 63.5 Å². The zero-order valence-corrected chi connectivity index (χ0v) is 15.6. The number of benzene rings is 1. The Morgan fingerprint density at radius 2 is 1.96 bits per heavy atom. The van der Waals surface area contributed by atoms with Crippen LogP contribution in [0.5, 0.6) is 0 Å². The smallest absolute Gasteiger partial charge is 0.227 e. The molecule has 1 aromatic rings. The van der Waals surface area contributed by atoms with Crippen molar-refractivity contribution >= 4 is 11.7 Å². The molecule has 1 aromatic carbocycles. The van der Waals surface area contributed by atoms with Crippen LogP contribution in [-0.4, -0.2) is 29.4 Å². The summed E-state index contributed by atoms with van der Waals surface area (Å²) in [5, 5.41) is 12.4. The molecule has 4 nitrogen and oxygen atoms in total. The summed E-state index contributed by atoms with van der Waals surface area (Å²) in [5.41, 5.74) is 2.12. The van der Waals surface area contributed by atoms with Gasteiger partial charge in [-0.05, 0) is 43.2 Å². The second-order valence-electron chi connectivity index (χ2n) is 7.41. The summed E-state index contributed by atoms with van der Waals surface area (Å²) in [7, 11) is 0. The van der Waals surface area contributed by atoms with Crippen LogP contribution in [-0.2, 0) is 16.0 Å². The monoisotopic (exact) mass is 345 g/mol. The van der Waals surface area contributed by atoms with Crippen LogP contribution >= 0.6 is 0 Å². The maximum Gasteiger partial charge on any atom is 0.227 e. The first-order valence-electron chi connectivity index (χ1n) is 9.49. The van der Waals surface area contributed by atoms with E-state index in [-0.39, 0.29) is 36.3 Å². The van der Waals surface area contributed by atoms with Gasteiger partial charge in [-0.2, -0.15) is 0 Å². The predicted octanol–water partition coefficient (Wildman–Crippen LogP) is 3.23. The van der Waals surface area contributed by atoms with Gasteiger partial charge in [0, 0.05) is 12.3 Å². The number of aliphatic hydroxyl groups excluding tert-OH is 1. The van der Waals surface area contributed by atoms with Crippen LogP contribution in [0.25, 0.3) is 0 Å². The molecule has 0 radical (unpaired) electrons. The summed E-state index contributed by atoms with van der Waals surface area (Å²) >= 11 is 0. The molecule has 0 heterocycles. The normalized spacial score (nSPS) is 21.0. The minimum atomic E-state index is -0.264. The Labute approximate surface area is 151 Å². The second-order valence-corrected chi connectivity index (χ2v) is 7.41. The van der Waals surface area contributed by atoms with Crippen molar-refractivity contribution in [3.05, 3.63) is 35.4 Å². The Kier molecular flexibility index (Phi) is 7.18. The molecule has 0 bridgehead atoms. The molecule has 0 unspecified atom stereocenters. The Morgan fingerprint density at radius 3 is 2.48 bits per heavy atom. The first-order chi connectivity index (χ1) is 12.0. The number of ketones is 1. The lowest BCUT2D eigenvalue weighted by atomic mass is 9.93. The molecule has 25 heavy (non-hydrogen) atoms. The summed E-state index contributed by atoms with van der Waals surface area (Å²) in [4.78, 5) is 24.3. The van der Waals surface area contributed by atoms with E-state index in [1.165, 1.54) is 0 Å². The first-order valence-corrected chi connectivity index (χ1v) is 9.49. The molecule has 1 amide bonds. The number of carbonyl (C=O) groups excluding carboxylic acids is 2. The van der Waals surface area contributed by atoms with E-state index in [1.54, 1.807) is 0 Å². The Balaban J connectivity index is 1.95. The van der Waals surface area contributed by atoms with Gasteiger partial charge in [0.05, 0.1) is 18.6 Å². The standard InChI is InChI=1S/C21H31NO3/c1-4-14(2)19(13-23)22-21(25)15(3)17-10-8-16(9-11-17)12-18-6-5-7-20(18)24/h8-11,14-15,18-19,23H,4-7,12-13H2,1-3H3,(H,22,25)/t14-,15-,18-,19-/m0/s1. The van der Waals surface area contributed by atoms with Crippen molar-refractivity contribution in [2.45, 2.75) is 64.8 Å². The molecule has 0 aliphatic heterocycles.